The zero-order chi connectivity index (χ0) is 20.6. The minimum atomic E-state index is -3.63. The molecule has 1 atom stereocenters. The smallest absolute Gasteiger partial charge is 0.265 e. The second-order valence-corrected chi connectivity index (χ2v) is 9.43. The summed E-state index contributed by atoms with van der Waals surface area (Å²) in [6.45, 7) is 2.89. The third-order valence-electron chi connectivity index (χ3n) is 5.73. The van der Waals surface area contributed by atoms with Gasteiger partial charge in [0.05, 0.1) is 6.20 Å². The van der Waals surface area contributed by atoms with E-state index in [1.807, 2.05) is 18.2 Å². The number of aromatic amines is 2. The largest absolute Gasteiger partial charge is 0.361 e. The standard InChI is InChI=1S/C22H23N5O2S/c28-30(29,20-12-24-25-13-20)26-19-5-3-4-16(10-19)17-8-9-27(14-17)15-18-11-23-22-7-2-1-6-21(18)22/h1-7,10-13,17,23,26H,8-9,14-15H2,(H,24,25). The van der Waals surface area contributed by atoms with Crippen LogP contribution in [0.15, 0.2) is 72.0 Å². The molecular weight excluding hydrogens is 398 g/mol. The van der Waals surface area contributed by atoms with E-state index in [1.54, 1.807) is 6.07 Å². The number of hydrogen-bond acceptors (Lipinski definition) is 4. The molecule has 30 heavy (non-hydrogen) atoms. The van der Waals surface area contributed by atoms with Crippen molar-refractivity contribution in [3.8, 4) is 0 Å². The van der Waals surface area contributed by atoms with E-state index in [2.05, 4.69) is 55.3 Å². The fourth-order valence-electron chi connectivity index (χ4n) is 4.21. The number of aromatic nitrogens is 3. The Morgan fingerprint density at radius 1 is 1.13 bits per heavy atom. The molecule has 1 aliphatic rings. The molecule has 3 heterocycles. The van der Waals surface area contributed by atoms with Crippen LogP contribution in [0.3, 0.4) is 0 Å². The summed E-state index contributed by atoms with van der Waals surface area (Å²) in [7, 11) is -3.63. The maximum Gasteiger partial charge on any atom is 0.265 e. The molecule has 0 aliphatic carbocycles. The Kier molecular flexibility index (Phi) is 4.80. The number of nitrogens with zero attached hydrogens (tertiary/aromatic N) is 2. The highest BCUT2D eigenvalue weighted by Gasteiger charge is 2.25. The molecule has 7 nitrogen and oxygen atoms in total. The average Bonchev–Trinajstić information content (AvgIpc) is 3.50. The van der Waals surface area contributed by atoms with Gasteiger partial charge in [-0.05, 0) is 48.2 Å². The lowest BCUT2D eigenvalue weighted by molar-refractivity contribution is 0.328. The Labute approximate surface area is 175 Å². The Hall–Kier alpha value is -3.10. The van der Waals surface area contributed by atoms with Gasteiger partial charge >= 0.3 is 0 Å². The van der Waals surface area contributed by atoms with E-state index in [4.69, 9.17) is 0 Å². The molecule has 0 bridgehead atoms. The maximum atomic E-state index is 12.4. The minimum Gasteiger partial charge on any atom is -0.361 e. The molecule has 1 fully saturated rings. The molecule has 3 N–H and O–H groups in total. The van der Waals surface area contributed by atoms with Crippen molar-refractivity contribution in [3.05, 3.63) is 78.2 Å². The number of likely N-dealkylation sites (tertiary alicyclic amines) is 1. The first-order chi connectivity index (χ1) is 14.6. The first kappa shape index (κ1) is 18.9. The van der Waals surface area contributed by atoms with E-state index in [0.717, 1.165) is 31.6 Å². The van der Waals surface area contributed by atoms with Crippen LogP contribution < -0.4 is 4.72 Å². The maximum absolute atomic E-state index is 12.4. The summed E-state index contributed by atoms with van der Waals surface area (Å²) in [4.78, 5) is 5.93. The second kappa shape index (κ2) is 7.62. The van der Waals surface area contributed by atoms with Crippen LogP contribution >= 0.6 is 0 Å². The van der Waals surface area contributed by atoms with Gasteiger partial charge in [-0.15, -0.1) is 0 Å². The molecule has 0 saturated carbocycles. The fraction of sp³-hybridized carbons (Fsp3) is 0.227. The van der Waals surface area contributed by atoms with E-state index in [1.165, 1.54) is 28.9 Å². The Balaban J connectivity index is 1.28. The molecule has 154 valence electrons. The van der Waals surface area contributed by atoms with Crippen LogP contribution in [-0.4, -0.2) is 41.6 Å². The monoisotopic (exact) mass is 421 g/mol. The Morgan fingerprint density at radius 2 is 2.03 bits per heavy atom. The molecule has 1 aliphatic heterocycles. The number of rotatable bonds is 6. The van der Waals surface area contributed by atoms with Crippen LogP contribution in [0.1, 0.15) is 23.5 Å². The number of hydrogen-bond donors (Lipinski definition) is 3. The summed E-state index contributed by atoms with van der Waals surface area (Å²) < 4.78 is 27.5. The lowest BCUT2D eigenvalue weighted by Gasteiger charge is -2.16. The van der Waals surface area contributed by atoms with E-state index >= 15 is 0 Å². The summed E-state index contributed by atoms with van der Waals surface area (Å²) in [5, 5.41) is 7.53. The van der Waals surface area contributed by atoms with Gasteiger partial charge in [-0.2, -0.15) is 5.10 Å². The molecule has 4 aromatic rings. The second-order valence-electron chi connectivity index (χ2n) is 7.75. The predicted octanol–water partition coefficient (Wildman–Crippen LogP) is 3.68. The zero-order valence-electron chi connectivity index (χ0n) is 16.4. The molecule has 0 spiro atoms. The summed E-state index contributed by atoms with van der Waals surface area (Å²) in [6, 6.07) is 16.1. The van der Waals surface area contributed by atoms with Crippen LogP contribution in [0.5, 0.6) is 0 Å². The molecule has 1 saturated heterocycles. The van der Waals surface area contributed by atoms with Gasteiger partial charge in [0.2, 0.25) is 0 Å². The third kappa shape index (κ3) is 3.71. The van der Waals surface area contributed by atoms with Crippen molar-refractivity contribution in [1.82, 2.24) is 20.1 Å². The van der Waals surface area contributed by atoms with Gasteiger partial charge in [-0.1, -0.05) is 30.3 Å². The van der Waals surface area contributed by atoms with E-state index < -0.39 is 10.0 Å². The van der Waals surface area contributed by atoms with E-state index in [9.17, 15) is 8.42 Å². The molecular formula is C22H23N5O2S. The van der Waals surface area contributed by atoms with Crippen molar-refractivity contribution in [3.63, 3.8) is 0 Å². The number of sulfonamides is 1. The van der Waals surface area contributed by atoms with Gasteiger partial charge < -0.3 is 4.98 Å². The van der Waals surface area contributed by atoms with Crippen molar-refractivity contribution in [2.24, 2.45) is 0 Å². The highest BCUT2D eigenvalue weighted by molar-refractivity contribution is 7.92. The molecule has 0 amide bonds. The summed E-state index contributed by atoms with van der Waals surface area (Å²) in [5.41, 5.74) is 4.21. The summed E-state index contributed by atoms with van der Waals surface area (Å²) in [6.07, 6.45) is 5.82. The Bertz CT molecular complexity index is 1260. The average molecular weight is 422 g/mol. The molecule has 1 unspecified atom stereocenters. The number of anilines is 1. The SMILES string of the molecule is O=S(=O)(Nc1cccc(C2CCN(Cc3c[nH]c4ccccc34)C2)c1)c1cn[nH]c1. The quantitative estimate of drug-likeness (QED) is 0.443. The van der Waals surface area contributed by atoms with Crippen LogP contribution in [0.25, 0.3) is 10.9 Å². The summed E-state index contributed by atoms with van der Waals surface area (Å²) >= 11 is 0. The molecule has 5 rings (SSSR count). The number of fused-ring (bicyclic) bond motifs is 1. The molecule has 8 heteroatoms. The van der Waals surface area contributed by atoms with Crippen molar-refractivity contribution in [2.75, 3.05) is 17.8 Å². The number of H-pyrrole nitrogens is 2. The molecule has 2 aromatic heterocycles. The number of para-hydroxylation sites is 1. The molecule has 2 aromatic carbocycles. The van der Waals surface area contributed by atoms with Gasteiger partial charge in [0, 0.05) is 42.1 Å². The minimum absolute atomic E-state index is 0.124. The lowest BCUT2D eigenvalue weighted by Crippen LogP contribution is -2.19. The Morgan fingerprint density at radius 3 is 2.90 bits per heavy atom. The van der Waals surface area contributed by atoms with E-state index in [0.29, 0.717) is 11.6 Å². The first-order valence-corrected chi connectivity index (χ1v) is 11.5. The molecule has 0 radical (unpaired) electrons. The normalized spacial score (nSPS) is 17.5. The number of benzene rings is 2. The van der Waals surface area contributed by atoms with Gasteiger partial charge in [0.25, 0.3) is 10.0 Å². The lowest BCUT2D eigenvalue weighted by atomic mass is 9.98. The van der Waals surface area contributed by atoms with E-state index in [-0.39, 0.29) is 4.90 Å². The van der Waals surface area contributed by atoms with Crippen molar-refractivity contribution >= 4 is 26.6 Å². The third-order valence-corrected chi connectivity index (χ3v) is 7.08. The van der Waals surface area contributed by atoms with Crippen LogP contribution in [0.4, 0.5) is 5.69 Å². The fourth-order valence-corrected chi connectivity index (χ4v) is 5.16. The van der Waals surface area contributed by atoms with Crippen LogP contribution in [0, 0.1) is 0 Å². The van der Waals surface area contributed by atoms with Crippen LogP contribution in [-0.2, 0) is 16.6 Å². The first-order valence-electron chi connectivity index (χ1n) is 9.97. The van der Waals surface area contributed by atoms with Gasteiger partial charge in [0.15, 0.2) is 0 Å². The van der Waals surface area contributed by atoms with Gasteiger partial charge in [-0.3, -0.25) is 14.7 Å². The topological polar surface area (TPSA) is 93.9 Å². The van der Waals surface area contributed by atoms with Crippen molar-refractivity contribution < 1.29 is 8.42 Å². The van der Waals surface area contributed by atoms with Crippen molar-refractivity contribution in [1.29, 1.82) is 0 Å². The highest BCUT2D eigenvalue weighted by atomic mass is 32.2. The van der Waals surface area contributed by atoms with Gasteiger partial charge in [-0.25, -0.2) is 8.42 Å². The van der Waals surface area contributed by atoms with Gasteiger partial charge in [0.1, 0.15) is 4.90 Å². The van der Waals surface area contributed by atoms with Crippen LogP contribution in [0.2, 0.25) is 0 Å². The summed E-state index contributed by atoms with van der Waals surface area (Å²) in [5.74, 6) is 0.383. The zero-order valence-corrected chi connectivity index (χ0v) is 17.2. The predicted molar refractivity (Wildman–Crippen MR) is 117 cm³/mol. The highest BCUT2D eigenvalue weighted by Crippen LogP contribution is 2.31. The van der Waals surface area contributed by atoms with Crippen molar-refractivity contribution in [2.45, 2.75) is 23.8 Å². The number of nitrogens with one attached hydrogen (secondary N) is 3.